The number of para-hydroxylation sites is 1. The fraction of sp³-hybridized carbons (Fsp3) is 0.571. The van der Waals surface area contributed by atoms with Gasteiger partial charge in [-0.3, -0.25) is 4.99 Å². The molecule has 27 heavy (non-hydrogen) atoms. The van der Waals surface area contributed by atoms with Gasteiger partial charge in [0, 0.05) is 43.0 Å². The van der Waals surface area contributed by atoms with Gasteiger partial charge in [0.05, 0.1) is 12.6 Å². The van der Waals surface area contributed by atoms with E-state index in [-0.39, 0.29) is 29.4 Å². The number of furan rings is 1. The molecule has 1 aromatic heterocycles. The van der Waals surface area contributed by atoms with Crippen LogP contribution in [0, 0.1) is 11.3 Å². The third kappa shape index (κ3) is 3.70. The number of nitrogens with zero attached hydrogens (tertiary/aromatic N) is 2. The van der Waals surface area contributed by atoms with Crippen LogP contribution in [0.1, 0.15) is 33.0 Å². The van der Waals surface area contributed by atoms with Crippen LogP contribution in [0.5, 0.6) is 0 Å². The molecule has 0 bridgehead atoms. The Labute approximate surface area is 178 Å². The number of aliphatic imine (C=N–C) groups is 1. The van der Waals surface area contributed by atoms with Gasteiger partial charge in [-0.25, -0.2) is 0 Å². The second-order valence-electron chi connectivity index (χ2n) is 8.09. The minimum atomic E-state index is 0. The predicted octanol–water partition coefficient (Wildman–Crippen LogP) is 4.26. The zero-order valence-corrected chi connectivity index (χ0v) is 18.9. The molecular weight excluding hydrogens is 453 g/mol. The lowest BCUT2D eigenvalue weighted by Gasteiger charge is -2.55. The molecule has 1 aromatic carbocycles. The predicted molar refractivity (Wildman–Crippen MR) is 120 cm³/mol. The largest absolute Gasteiger partial charge is 0.459 e. The van der Waals surface area contributed by atoms with E-state index in [9.17, 15) is 0 Å². The molecule has 3 unspecified atom stereocenters. The first-order chi connectivity index (χ1) is 12.5. The average molecular weight is 483 g/mol. The summed E-state index contributed by atoms with van der Waals surface area (Å²) < 4.78 is 11.9. The molecule has 0 radical (unpaired) electrons. The van der Waals surface area contributed by atoms with E-state index in [0.29, 0.717) is 24.6 Å². The highest BCUT2D eigenvalue weighted by atomic mass is 127. The van der Waals surface area contributed by atoms with Crippen LogP contribution in [0.4, 0.5) is 0 Å². The molecule has 1 N–H and O–H groups in total. The van der Waals surface area contributed by atoms with E-state index in [1.165, 1.54) is 0 Å². The average Bonchev–Trinajstić information content (AvgIpc) is 3.23. The van der Waals surface area contributed by atoms with Crippen LogP contribution in [0.15, 0.2) is 39.7 Å². The number of ether oxygens (including phenoxy) is 1. The van der Waals surface area contributed by atoms with Crippen LogP contribution in [-0.2, 0) is 11.3 Å². The van der Waals surface area contributed by atoms with E-state index in [0.717, 1.165) is 42.3 Å². The molecule has 1 saturated heterocycles. The van der Waals surface area contributed by atoms with E-state index in [2.05, 4.69) is 50.2 Å². The normalized spacial score (nSPS) is 26.2. The van der Waals surface area contributed by atoms with Gasteiger partial charge in [-0.15, -0.1) is 24.0 Å². The Balaban J connectivity index is 0.00000210. The topological polar surface area (TPSA) is 50.0 Å². The molecular formula is C21H30IN3O2. The molecule has 4 rings (SSSR count). The minimum absolute atomic E-state index is 0. The van der Waals surface area contributed by atoms with Crippen molar-refractivity contribution in [1.82, 2.24) is 10.2 Å². The summed E-state index contributed by atoms with van der Waals surface area (Å²) >= 11 is 0. The molecule has 2 aromatic rings. The molecule has 2 aliphatic rings. The number of hydrogen-bond acceptors (Lipinski definition) is 3. The van der Waals surface area contributed by atoms with Crippen molar-refractivity contribution in [3.05, 3.63) is 36.1 Å². The Hall–Kier alpha value is -1.28. The lowest BCUT2D eigenvalue weighted by molar-refractivity contribution is -0.107. The highest BCUT2D eigenvalue weighted by Crippen LogP contribution is 2.52. The van der Waals surface area contributed by atoms with Crippen molar-refractivity contribution >= 4 is 40.9 Å². The molecule has 0 spiro atoms. The number of nitrogens with one attached hydrogen (secondary N) is 1. The molecule has 0 amide bonds. The molecule has 2 heterocycles. The molecule has 1 saturated carbocycles. The lowest BCUT2D eigenvalue weighted by atomic mass is 9.57. The lowest BCUT2D eigenvalue weighted by Crippen LogP contribution is -2.67. The monoisotopic (exact) mass is 483 g/mol. The van der Waals surface area contributed by atoms with Gasteiger partial charge < -0.3 is 19.4 Å². The summed E-state index contributed by atoms with van der Waals surface area (Å²) in [5.41, 5.74) is 1.07. The van der Waals surface area contributed by atoms with Crippen LogP contribution in [0.25, 0.3) is 11.0 Å². The fourth-order valence-electron chi connectivity index (χ4n) is 4.61. The maximum Gasteiger partial charge on any atom is 0.194 e. The van der Waals surface area contributed by atoms with Gasteiger partial charge in [-0.1, -0.05) is 32.0 Å². The maximum atomic E-state index is 5.98. The van der Waals surface area contributed by atoms with Crippen molar-refractivity contribution in [2.45, 2.75) is 45.9 Å². The van der Waals surface area contributed by atoms with Crippen LogP contribution in [-0.4, -0.2) is 43.2 Å². The fourth-order valence-corrected chi connectivity index (χ4v) is 4.61. The van der Waals surface area contributed by atoms with Crippen LogP contribution >= 0.6 is 24.0 Å². The molecule has 2 fully saturated rings. The second-order valence-corrected chi connectivity index (χ2v) is 8.09. The summed E-state index contributed by atoms with van der Waals surface area (Å²) in [6, 6.07) is 10.6. The Bertz CT molecular complexity index is 784. The molecule has 5 nitrogen and oxygen atoms in total. The van der Waals surface area contributed by atoms with Crippen molar-refractivity contribution in [2.24, 2.45) is 16.3 Å². The summed E-state index contributed by atoms with van der Waals surface area (Å²) in [5.74, 6) is 2.48. The number of hydrogen-bond donors (Lipinski definition) is 1. The highest BCUT2D eigenvalue weighted by Gasteiger charge is 2.59. The maximum absolute atomic E-state index is 5.98. The first kappa shape index (κ1) is 20.5. The van der Waals surface area contributed by atoms with Gasteiger partial charge in [0.15, 0.2) is 5.96 Å². The molecule has 6 heteroatoms. The van der Waals surface area contributed by atoms with E-state index < -0.39 is 0 Å². The summed E-state index contributed by atoms with van der Waals surface area (Å²) in [6.07, 6.45) is 1.52. The van der Waals surface area contributed by atoms with E-state index in [1.54, 1.807) is 0 Å². The third-order valence-electron chi connectivity index (χ3n) is 5.92. The zero-order valence-electron chi connectivity index (χ0n) is 16.6. The number of halogens is 1. The summed E-state index contributed by atoms with van der Waals surface area (Å²) in [5, 5.41) is 4.87. The Kier molecular flexibility index (Phi) is 6.05. The van der Waals surface area contributed by atoms with Crippen molar-refractivity contribution < 1.29 is 9.15 Å². The van der Waals surface area contributed by atoms with Crippen molar-refractivity contribution in [1.29, 1.82) is 0 Å². The van der Waals surface area contributed by atoms with Gasteiger partial charge >= 0.3 is 0 Å². The summed E-state index contributed by atoms with van der Waals surface area (Å²) in [4.78, 5) is 6.88. The second kappa shape index (κ2) is 7.99. The molecule has 1 aliphatic carbocycles. The van der Waals surface area contributed by atoms with Gasteiger partial charge in [0.25, 0.3) is 0 Å². The van der Waals surface area contributed by atoms with Gasteiger partial charge in [-0.05, 0) is 25.5 Å². The standard InChI is InChI=1S/C21H29N3O2.HI/c1-5-22-20(23-18-16-10-11-25-19(16)21(18,2)3)24(4)13-15-12-14-8-6-7-9-17(14)26-15;/h6-9,12,16,18-19H,5,10-11,13H2,1-4H3,(H,22,23);1H. The van der Waals surface area contributed by atoms with E-state index >= 15 is 0 Å². The Morgan fingerprint density at radius 2 is 2.11 bits per heavy atom. The van der Waals surface area contributed by atoms with Crippen molar-refractivity contribution in [3.8, 4) is 0 Å². The van der Waals surface area contributed by atoms with Crippen LogP contribution in [0.2, 0.25) is 0 Å². The number of fused-ring (bicyclic) bond motifs is 2. The van der Waals surface area contributed by atoms with Gasteiger partial charge in [-0.2, -0.15) is 0 Å². The van der Waals surface area contributed by atoms with Gasteiger partial charge in [0.1, 0.15) is 11.3 Å². The number of guanidine groups is 1. The SMILES string of the molecule is CCN=C(NC1C2CCOC2C1(C)C)N(C)Cc1cc2ccccc2o1.I. The van der Waals surface area contributed by atoms with E-state index in [1.807, 2.05) is 18.2 Å². The van der Waals surface area contributed by atoms with Crippen molar-refractivity contribution in [2.75, 3.05) is 20.2 Å². The first-order valence-electron chi connectivity index (χ1n) is 9.62. The summed E-state index contributed by atoms with van der Waals surface area (Å²) in [6.45, 7) is 8.98. The number of benzene rings is 1. The summed E-state index contributed by atoms with van der Waals surface area (Å²) in [7, 11) is 2.07. The zero-order chi connectivity index (χ0) is 18.3. The smallest absolute Gasteiger partial charge is 0.194 e. The Morgan fingerprint density at radius 1 is 1.33 bits per heavy atom. The quantitative estimate of drug-likeness (QED) is 0.401. The molecule has 3 atom stereocenters. The molecule has 148 valence electrons. The van der Waals surface area contributed by atoms with E-state index in [4.69, 9.17) is 14.1 Å². The van der Waals surface area contributed by atoms with Crippen LogP contribution in [0.3, 0.4) is 0 Å². The van der Waals surface area contributed by atoms with Gasteiger partial charge in [0.2, 0.25) is 0 Å². The number of rotatable bonds is 4. The highest BCUT2D eigenvalue weighted by molar-refractivity contribution is 14.0. The van der Waals surface area contributed by atoms with Crippen molar-refractivity contribution in [3.63, 3.8) is 0 Å². The molecule has 1 aliphatic heterocycles. The third-order valence-corrected chi connectivity index (χ3v) is 5.92. The first-order valence-corrected chi connectivity index (χ1v) is 9.62. The Morgan fingerprint density at radius 3 is 2.85 bits per heavy atom. The minimum Gasteiger partial charge on any atom is -0.459 e. The van der Waals surface area contributed by atoms with Crippen LogP contribution < -0.4 is 5.32 Å².